The average molecular weight is 310 g/mol. The molecule has 0 spiro atoms. The van der Waals surface area contributed by atoms with Gasteiger partial charge in [0.25, 0.3) is 5.91 Å². The molecule has 0 aliphatic carbocycles. The Bertz CT molecular complexity index is 377. The van der Waals surface area contributed by atoms with Crippen LogP contribution >= 0.6 is 0 Å². The summed E-state index contributed by atoms with van der Waals surface area (Å²) in [5.41, 5.74) is 0.0373. The van der Waals surface area contributed by atoms with Crippen LogP contribution < -0.4 is 16.0 Å². The number of amides is 2. The number of hydrogen-bond acceptors (Lipinski definition) is 5. The average Bonchev–Trinajstić information content (AvgIpc) is 2.53. The van der Waals surface area contributed by atoms with Crippen LogP contribution in [0.1, 0.15) is 32.6 Å². The smallest absolute Gasteiger partial charge is 0.263 e. The molecular weight excluding hydrogens is 284 g/mol. The minimum Gasteiger partial charge on any atom is -0.390 e. The first-order valence-corrected chi connectivity index (χ1v) is 7.62. The van der Waals surface area contributed by atoms with Crippen molar-refractivity contribution < 1.29 is 14.3 Å². The maximum Gasteiger partial charge on any atom is 0.263 e. The van der Waals surface area contributed by atoms with Crippen LogP contribution in [0.5, 0.6) is 0 Å². The first kappa shape index (κ1) is 19.9. The Hall–Kier alpha value is -2.07. The van der Waals surface area contributed by atoms with E-state index in [-0.39, 0.29) is 5.57 Å². The molecule has 0 bridgehead atoms. The van der Waals surface area contributed by atoms with Crippen LogP contribution in [-0.4, -0.2) is 45.2 Å². The SMILES string of the molecule is CCCCOCCCNC(=O)/C(C#N)=C\NCCCNC=O. The molecule has 0 aromatic heterocycles. The summed E-state index contributed by atoms with van der Waals surface area (Å²) in [6.07, 6.45) is 5.61. The maximum atomic E-state index is 11.7. The molecule has 0 unspecified atom stereocenters. The molecule has 0 fully saturated rings. The molecule has 7 nitrogen and oxygen atoms in total. The van der Waals surface area contributed by atoms with Gasteiger partial charge in [0.15, 0.2) is 0 Å². The lowest BCUT2D eigenvalue weighted by molar-refractivity contribution is -0.117. The second-order valence-electron chi connectivity index (χ2n) is 4.62. The molecule has 0 aromatic rings. The van der Waals surface area contributed by atoms with Gasteiger partial charge in [-0.1, -0.05) is 13.3 Å². The summed E-state index contributed by atoms with van der Waals surface area (Å²) in [5, 5.41) is 17.0. The number of ether oxygens (including phenoxy) is 1. The molecule has 0 aliphatic heterocycles. The first-order chi connectivity index (χ1) is 10.8. The highest BCUT2D eigenvalue weighted by Crippen LogP contribution is 1.92. The van der Waals surface area contributed by atoms with E-state index in [1.54, 1.807) is 0 Å². The predicted octanol–water partition coefficient (Wildman–Crippen LogP) is 0.443. The molecule has 22 heavy (non-hydrogen) atoms. The van der Waals surface area contributed by atoms with Gasteiger partial charge in [-0.05, 0) is 19.3 Å². The highest BCUT2D eigenvalue weighted by atomic mass is 16.5. The predicted molar refractivity (Wildman–Crippen MR) is 83.7 cm³/mol. The van der Waals surface area contributed by atoms with Crippen molar-refractivity contribution in [1.82, 2.24) is 16.0 Å². The van der Waals surface area contributed by atoms with Crippen LogP contribution in [0.15, 0.2) is 11.8 Å². The van der Waals surface area contributed by atoms with Crippen molar-refractivity contribution in [2.75, 3.05) is 32.8 Å². The molecule has 124 valence electrons. The van der Waals surface area contributed by atoms with Gasteiger partial charge in [-0.2, -0.15) is 5.26 Å². The van der Waals surface area contributed by atoms with Crippen molar-refractivity contribution >= 4 is 12.3 Å². The van der Waals surface area contributed by atoms with Gasteiger partial charge >= 0.3 is 0 Å². The molecule has 0 radical (unpaired) electrons. The van der Waals surface area contributed by atoms with Crippen molar-refractivity contribution in [3.63, 3.8) is 0 Å². The van der Waals surface area contributed by atoms with E-state index in [2.05, 4.69) is 22.9 Å². The highest BCUT2D eigenvalue weighted by molar-refractivity contribution is 5.97. The molecule has 3 N–H and O–H groups in total. The third kappa shape index (κ3) is 11.7. The maximum absolute atomic E-state index is 11.7. The zero-order valence-electron chi connectivity index (χ0n) is 13.2. The van der Waals surface area contributed by atoms with Crippen LogP contribution in [0.4, 0.5) is 0 Å². The van der Waals surface area contributed by atoms with E-state index < -0.39 is 5.91 Å². The van der Waals surface area contributed by atoms with Crippen LogP contribution in [-0.2, 0) is 14.3 Å². The molecule has 2 amide bonds. The number of nitriles is 1. The number of unbranched alkanes of at least 4 members (excludes halogenated alkanes) is 1. The molecule has 0 aromatic carbocycles. The number of carbonyl (C=O) groups excluding carboxylic acids is 2. The molecule has 7 heteroatoms. The van der Waals surface area contributed by atoms with Gasteiger partial charge in [-0.15, -0.1) is 0 Å². The molecule has 0 atom stereocenters. The molecule has 0 saturated heterocycles. The summed E-state index contributed by atoms with van der Waals surface area (Å²) in [6.45, 7) is 5.06. The second kappa shape index (κ2) is 15.3. The summed E-state index contributed by atoms with van der Waals surface area (Å²) < 4.78 is 5.38. The fourth-order valence-corrected chi connectivity index (χ4v) is 1.49. The minimum absolute atomic E-state index is 0.0373. The minimum atomic E-state index is -0.394. The number of carbonyl (C=O) groups is 2. The van der Waals surface area contributed by atoms with Crippen molar-refractivity contribution in [3.05, 3.63) is 11.8 Å². The quantitative estimate of drug-likeness (QED) is 0.187. The van der Waals surface area contributed by atoms with E-state index in [0.717, 1.165) is 25.9 Å². The summed E-state index contributed by atoms with van der Waals surface area (Å²) in [5.74, 6) is -0.394. The van der Waals surface area contributed by atoms with E-state index in [1.807, 2.05) is 6.07 Å². The van der Waals surface area contributed by atoms with Crippen LogP contribution in [0.2, 0.25) is 0 Å². The lowest BCUT2D eigenvalue weighted by Crippen LogP contribution is -2.27. The van der Waals surface area contributed by atoms with Crippen LogP contribution in [0, 0.1) is 11.3 Å². The van der Waals surface area contributed by atoms with Gasteiger partial charge in [0.1, 0.15) is 11.6 Å². The summed E-state index contributed by atoms with van der Waals surface area (Å²) in [4.78, 5) is 21.8. The van der Waals surface area contributed by atoms with Crippen molar-refractivity contribution in [1.29, 1.82) is 5.26 Å². The van der Waals surface area contributed by atoms with Crippen LogP contribution in [0.25, 0.3) is 0 Å². The largest absolute Gasteiger partial charge is 0.390 e. The van der Waals surface area contributed by atoms with E-state index in [4.69, 9.17) is 10.00 Å². The van der Waals surface area contributed by atoms with E-state index in [9.17, 15) is 9.59 Å². The van der Waals surface area contributed by atoms with Crippen molar-refractivity contribution in [2.24, 2.45) is 0 Å². The Morgan fingerprint density at radius 2 is 1.86 bits per heavy atom. The van der Waals surface area contributed by atoms with E-state index in [1.165, 1.54) is 6.20 Å². The topological polar surface area (TPSA) is 103 Å². The highest BCUT2D eigenvalue weighted by Gasteiger charge is 2.07. The van der Waals surface area contributed by atoms with Crippen LogP contribution in [0.3, 0.4) is 0 Å². The van der Waals surface area contributed by atoms with E-state index >= 15 is 0 Å². The lowest BCUT2D eigenvalue weighted by atomic mass is 10.3. The van der Waals surface area contributed by atoms with Gasteiger partial charge in [0.05, 0.1) is 0 Å². The third-order valence-corrected chi connectivity index (χ3v) is 2.73. The number of rotatable bonds is 14. The first-order valence-electron chi connectivity index (χ1n) is 7.62. The normalized spacial score (nSPS) is 10.6. The van der Waals surface area contributed by atoms with Gasteiger partial charge in [0, 0.05) is 39.0 Å². The standard InChI is InChI=1S/C15H26N4O3/c1-2-3-9-22-10-5-8-19-15(21)14(11-16)12-17-6-4-7-18-13-20/h12-13,17H,2-10H2,1H3,(H,18,20)(H,19,21)/b14-12-. The summed E-state index contributed by atoms with van der Waals surface area (Å²) in [7, 11) is 0. The summed E-state index contributed by atoms with van der Waals surface area (Å²) in [6, 6.07) is 1.86. The zero-order chi connectivity index (χ0) is 16.5. The van der Waals surface area contributed by atoms with Gasteiger partial charge in [-0.3, -0.25) is 9.59 Å². The Kier molecular flexibility index (Phi) is 13.9. The number of hydrogen-bond donors (Lipinski definition) is 3. The molecule has 0 aliphatic rings. The molecule has 0 heterocycles. The van der Waals surface area contributed by atoms with Crippen molar-refractivity contribution in [2.45, 2.75) is 32.6 Å². The van der Waals surface area contributed by atoms with Gasteiger partial charge < -0.3 is 20.7 Å². The fourth-order valence-electron chi connectivity index (χ4n) is 1.49. The number of nitrogens with zero attached hydrogens (tertiary/aromatic N) is 1. The monoisotopic (exact) mass is 310 g/mol. The Labute approximate surface area is 132 Å². The zero-order valence-corrected chi connectivity index (χ0v) is 13.2. The number of nitrogens with one attached hydrogen (secondary N) is 3. The molecule has 0 rings (SSSR count). The van der Waals surface area contributed by atoms with Crippen molar-refractivity contribution in [3.8, 4) is 6.07 Å². The lowest BCUT2D eigenvalue weighted by Gasteiger charge is -2.06. The Morgan fingerprint density at radius 3 is 2.55 bits per heavy atom. The van der Waals surface area contributed by atoms with Gasteiger partial charge in [-0.25, -0.2) is 0 Å². The Balaban J connectivity index is 3.76. The van der Waals surface area contributed by atoms with E-state index in [0.29, 0.717) is 39.1 Å². The molecule has 0 saturated carbocycles. The third-order valence-electron chi connectivity index (χ3n) is 2.73. The Morgan fingerprint density at radius 1 is 1.14 bits per heavy atom. The fraction of sp³-hybridized carbons (Fsp3) is 0.667. The molecular formula is C15H26N4O3. The second-order valence-corrected chi connectivity index (χ2v) is 4.62. The summed E-state index contributed by atoms with van der Waals surface area (Å²) >= 11 is 0. The van der Waals surface area contributed by atoms with Gasteiger partial charge in [0.2, 0.25) is 6.41 Å².